The molecule has 0 saturated carbocycles. The smallest absolute Gasteiger partial charge is 0.269 e. The molecule has 0 spiro atoms. The number of nitrogens with zero attached hydrogens (tertiary/aromatic N) is 4. The number of unbranched alkanes of at least 4 members (excludes halogenated alkanes) is 5. The molecule has 0 radical (unpaired) electrons. The molecule has 0 aliphatic rings. The molecule has 0 aliphatic heterocycles. The number of nitro benzene ring substituents is 1. The normalized spacial score (nSPS) is 11.5. The van der Waals surface area contributed by atoms with E-state index in [1.54, 1.807) is 24.4 Å². The van der Waals surface area contributed by atoms with E-state index in [0.717, 1.165) is 13.0 Å². The summed E-state index contributed by atoms with van der Waals surface area (Å²) in [6, 6.07) is 10.7. The van der Waals surface area contributed by atoms with Crippen LogP contribution >= 0.6 is 0 Å². The van der Waals surface area contributed by atoms with Crippen molar-refractivity contribution in [1.29, 1.82) is 0 Å². The Kier molecular flexibility index (Phi) is 8.78. The third kappa shape index (κ3) is 7.26. The van der Waals surface area contributed by atoms with Gasteiger partial charge in [0.05, 0.1) is 16.3 Å². The maximum atomic E-state index is 10.7. The number of azo groups is 1. The summed E-state index contributed by atoms with van der Waals surface area (Å²) in [6.07, 6.45) is 8.93. The summed E-state index contributed by atoms with van der Waals surface area (Å²) >= 11 is 0. The molecular weight excluding hydrogens is 356 g/mol. The van der Waals surface area contributed by atoms with E-state index in [9.17, 15) is 15.2 Å². The zero-order chi connectivity index (χ0) is 20.2. The minimum Gasteiger partial charge on any atom is -0.507 e. The van der Waals surface area contributed by atoms with Crippen molar-refractivity contribution < 1.29 is 10.0 Å². The largest absolute Gasteiger partial charge is 0.507 e. The van der Waals surface area contributed by atoms with Crippen LogP contribution in [-0.2, 0) is 0 Å². The van der Waals surface area contributed by atoms with Crippen molar-refractivity contribution in [3.63, 3.8) is 0 Å². The standard InChI is InChI=1S/C21H26N4O3/c1-2-3-4-5-6-7-14-22-16-17-15-19(10-13-21(17)26)24-23-18-8-11-20(12-9-18)25(27)28/h8-13,15-16,26H,2-7,14H2,1H3. The molecule has 0 atom stereocenters. The van der Waals surface area contributed by atoms with Crippen molar-refractivity contribution in [2.24, 2.45) is 15.2 Å². The Morgan fingerprint density at radius 3 is 2.32 bits per heavy atom. The summed E-state index contributed by atoms with van der Waals surface area (Å²) < 4.78 is 0. The molecule has 0 aromatic heterocycles. The van der Waals surface area contributed by atoms with Crippen LogP contribution in [0.1, 0.15) is 51.0 Å². The second-order valence-corrected chi connectivity index (χ2v) is 6.52. The SMILES string of the molecule is CCCCCCCCN=Cc1cc(N=Nc2ccc([N+](=O)[O-])cc2)ccc1O. The molecule has 0 amide bonds. The Hall–Kier alpha value is -3.09. The minimum absolute atomic E-state index is 0.00689. The first kappa shape index (κ1) is 21.2. The number of aromatic hydroxyl groups is 1. The highest BCUT2D eigenvalue weighted by atomic mass is 16.6. The fraction of sp³-hybridized carbons (Fsp3) is 0.381. The lowest BCUT2D eigenvalue weighted by molar-refractivity contribution is -0.384. The molecule has 0 saturated heterocycles. The monoisotopic (exact) mass is 382 g/mol. The predicted molar refractivity (Wildman–Crippen MR) is 111 cm³/mol. The summed E-state index contributed by atoms with van der Waals surface area (Å²) in [5.74, 6) is 0.140. The highest BCUT2D eigenvalue weighted by Gasteiger charge is 2.04. The number of nitro groups is 1. The van der Waals surface area contributed by atoms with E-state index in [1.165, 1.54) is 56.4 Å². The fourth-order valence-corrected chi connectivity index (χ4v) is 2.61. The number of phenolic OH excluding ortho intramolecular Hbond substituents is 1. The second-order valence-electron chi connectivity index (χ2n) is 6.52. The Labute approximate surface area is 165 Å². The van der Waals surface area contributed by atoms with E-state index in [0.29, 0.717) is 16.9 Å². The summed E-state index contributed by atoms with van der Waals surface area (Å²) in [5, 5.41) is 28.8. The number of benzene rings is 2. The Balaban J connectivity index is 1.91. The number of hydrogen-bond acceptors (Lipinski definition) is 6. The second kappa shape index (κ2) is 11.6. The number of non-ortho nitro benzene ring substituents is 1. The molecule has 0 aliphatic carbocycles. The maximum Gasteiger partial charge on any atom is 0.269 e. The Morgan fingerprint density at radius 2 is 1.61 bits per heavy atom. The lowest BCUT2D eigenvalue weighted by Crippen LogP contribution is -1.87. The van der Waals surface area contributed by atoms with Gasteiger partial charge in [0, 0.05) is 30.5 Å². The van der Waals surface area contributed by atoms with Gasteiger partial charge >= 0.3 is 0 Å². The van der Waals surface area contributed by atoms with Crippen LogP contribution in [0.2, 0.25) is 0 Å². The molecule has 7 nitrogen and oxygen atoms in total. The molecular formula is C21H26N4O3. The van der Waals surface area contributed by atoms with Crippen LogP contribution in [0.5, 0.6) is 5.75 Å². The van der Waals surface area contributed by atoms with Crippen molar-refractivity contribution in [3.05, 3.63) is 58.1 Å². The topological polar surface area (TPSA) is 100 Å². The third-order valence-corrected chi connectivity index (χ3v) is 4.22. The highest BCUT2D eigenvalue weighted by Crippen LogP contribution is 2.25. The summed E-state index contributed by atoms with van der Waals surface area (Å²) in [5.41, 5.74) is 1.67. The average Bonchev–Trinajstić information content (AvgIpc) is 2.70. The zero-order valence-corrected chi connectivity index (χ0v) is 16.1. The van der Waals surface area contributed by atoms with Crippen molar-refractivity contribution in [1.82, 2.24) is 0 Å². The Bertz CT molecular complexity index is 817. The van der Waals surface area contributed by atoms with E-state index in [2.05, 4.69) is 22.1 Å². The number of hydrogen-bond donors (Lipinski definition) is 1. The molecule has 0 unspecified atom stereocenters. The van der Waals surface area contributed by atoms with Crippen molar-refractivity contribution in [3.8, 4) is 5.75 Å². The molecule has 0 fully saturated rings. The van der Waals surface area contributed by atoms with Gasteiger partial charge in [-0.25, -0.2) is 0 Å². The van der Waals surface area contributed by atoms with E-state index >= 15 is 0 Å². The van der Waals surface area contributed by atoms with Gasteiger partial charge in [0.2, 0.25) is 0 Å². The highest BCUT2D eigenvalue weighted by molar-refractivity contribution is 5.84. The van der Waals surface area contributed by atoms with Crippen LogP contribution in [0.3, 0.4) is 0 Å². The molecule has 0 heterocycles. The quantitative estimate of drug-likeness (QED) is 0.158. The van der Waals surface area contributed by atoms with Crippen molar-refractivity contribution >= 4 is 23.3 Å². The fourth-order valence-electron chi connectivity index (χ4n) is 2.61. The lowest BCUT2D eigenvalue weighted by Gasteiger charge is -2.01. The first-order valence-electron chi connectivity index (χ1n) is 9.59. The number of aliphatic imine (C=N–C) groups is 1. The third-order valence-electron chi connectivity index (χ3n) is 4.22. The average molecular weight is 382 g/mol. The van der Waals surface area contributed by atoms with E-state index in [1.807, 2.05) is 0 Å². The predicted octanol–water partition coefficient (Wildman–Crippen LogP) is 6.50. The molecule has 28 heavy (non-hydrogen) atoms. The molecule has 2 rings (SSSR count). The molecule has 2 aromatic carbocycles. The Morgan fingerprint density at radius 1 is 0.964 bits per heavy atom. The maximum absolute atomic E-state index is 10.7. The first-order chi connectivity index (χ1) is 13.6. The van der Waals surface area contributed by atoms with E-state index in [-0.39, 0.29) is 11.4 Å². The summed E-state index contributed by atoms with van der Waals surface area (Å²) in [4.78, 5) is 14.6. The van der Waals surface area contributed by atoms with Gasteiger partial charge in [-0.05, 0) is 36.8 Å². The van der Waals surface area contributed by atoms with Gasteiger partial charge in [0.25, 0.3) is 5.69 Å². The van der Waals surface area contributed by atoms with Gasteiger partial charge in [0.1, 0.15) is 5.75 Å². The van der Waals surface area contributed by atoms with Crippen LogP contribution in [0.15, 0.2) is 57.7 Å². The molecule has 148 valence electrons. The molecule has 7 heteroatoms. The van der Waals surface area contributed by atoms with Crippen LogP contribution in [0.4, 0.5) is 17.1 Å². The van der Waals surface area contributed by atoms with Crippen molar-refractivity contribution in [2.75, 3.05) is 6.54 Å². The first-order valence-corrected chi connectivity index (χ1v) is 9.59. The van der Waals surface area contributed by atoms with Gasteiger partial charge in [0.15, 0.2) is 0 Å². The van der Waals surface area contributed by atoms with Gasteiger partial charge in [-0.2, -0.15) is 10.2 Å². The van der Waals surface area contributed by atoms with Crippen LogP contribution in [-0.4, -0.2) is 22.8 Å². The van der Waals surface area contributed by atoms with Gasteiger partial charge in [-0.15, -0.1) is 0 Å². The molecule has 2 aromatic rings. The number of phenols is 1. The molecule has 0 bridgehead atoms. The van der Waals surface area contributed by atoms with Gasteiger partial charge in [-0.1, -0.05) is 39.0 Å². The lowest BCUT2D eigenvalue weighted by atomic mass is 10.1. The minimum atomic E-state index is -0.461. The molecule has 1 N–H and O–H groups in total. The van der Waals surface area contributed by atoms with Gasteiger partial charge in [-0.3, -0.25) is 15.1 Å². The van der Waals surface area contributed by atoms with Crippen LogP contribution < -0.4 is 0 Å². The summed E-state index contributed by atoms with van der Waals surface area (Å²) in [6.45, 7) is 2.94. The van der Waals surface area contributed by atoms with Crippen molar-refractivity contribution in [2.45, 2.75) is 45.4 Å². The van der Waals surface area contributed by atoms with Gasteiger partial charge < -0.3 is 5.11 Å². The van der Waals surface area contributed by atoms with E-state index < -0.39 is 4.92 Å². The van der Waals surface area contributed by atoms with Crippen LogP contribution in [0, 0.1) is 10.1 Å². The zero-order valence-electron chi connectivity index (χ0n) is 16.1. The number of rotatable bonds is 11. The van der Waals surface area contributed by atoms with E-state index in [4.69, 9.17) is 0 Å². The van der Waals surface area contributed by atoms with Crippen LogP contribution in [0.25, 0.3) is 0 Å². The summed E-state index contributed by atoms with van der Waals surface area (Å²) in [7, 11) is 0.